The minimum atomic E-state index is -0.260. The molecule has 0 bridgehead atoms. The summed E-state index contributed by atoms with van der Waals surface area (Å²) in [4.78, 5) is 17.9. The first-order valence-corrected chi connectivity index (χ1v) is 11.3. The summed E-state index contributed by atoms with van der Waals surface area (Å²) in [7, 11) is 0. The van der Waals surface area contributed by atoms with Crippen molar-refractivity contribution in [3.63, 3.8) is 0 Å². The van der Waals surface area contributed by atoms with Crippen LogP contribution in [0.4, 0.5) is 0 Å². The second kappa shape index (κ2) is 9.34. The molecule has 0 spiro atoms. The number of benzene rings is 2. The number of nitrogens with zero attached hydrogens (tertiary/aromatic N) is 2. The third kappa shape index (κ3) is 4.36. The fourth-order valence-corrected chi connectivity index (χ4v) is 4.38. The Morgan fingerprint density at radius 2 is 1.83 bits per heavy atom. The van der Waals surface area contributed by atoms with Crippen molar-refractivity contribution in [2.75, 3.05) is 19.8 Å². The van der Waals surface area contributed by atoms with Gasteiger partial charge in [-0.05, 0) is 37.1 Å². The second-order valence-corrected chi connectivity index (χ2v) is 8.15. The number of hydrogen-bond acceptors (Lipinski definition) is 5. The molecule has 0 atom stereocenters. The van der Waals surface area contributed by atoms with E-state index in [-0.39, 0.29) is 5.91 Å². The van der Waals surface area contributed by atoms with Crippen LogP contribution in [0.15, 0.2) is 41.4 Å². The van der Waals surface area contributed by atoms with E-state index in [9.17, 15) is 4.79 Å². The lowest BCUT2D eigenvalue weighted by atomic mass is 10.2. The number of fused-ring (bicyclic) bond motifs is 2. The highest BCUT2D eigenvalue weighted by atomic mass is 32.1. The van der Waals surface area contributed by atoms with Crippen LogP contribution in [0.2, 0.25) is 0 Å². The molecule has 158 valence electrons. The minimum Gasteiger partial charge on any atom is -0.494 e. The maximum Gasteiger partial charge on any atom is 0.279 e. The van der Waals surface area contributed by atoms with Crippen molar-refractivity contribution in [3.8, 4) is 17.2 Å². The zero-order chi connectivity index (χ0) is 20.9. The Balaban J connectivity index is 1.65. The van der Waals surface area contributed by atoms with Crippen molar-refractivity contribution in [1.82, 2.24) is 4.57 Å². The molecule has 0 unspecified atom stereocenters. The number of aryl methyl sites for hydroxylation is 1. The van der Waals surface area contributed by atoms with Gasteiger partial charge >= 0.3 is 0 Å². The maximum absolute atomic E-state index is 12.8. The number of carbonyl (C=O) groups is 1. The molecule has 1 aliphatic rings. The third-order valence-electron chi connectivity index (χ3n) is 4.86. The van der Waals surface area contributed by atoms with E-state index in [1.54, 1.807) is 12.1 Å². The lowest BCUT2D eigenvalue weighted by Crippen LogP contribution is -2.17. The van der Waals surface area contributed by atoms with Crippen LogP contribution < -0.4 is 19.0 Å². The van der Waals surface area contributed by atoms with E-state index in [1.165, 1.54) is 11.3 Å². The van der Waals surface area contributed by atoms with Gasteiger partial charge in [0.25, 0.3) is 5.91 Å². The lowest BCUT2D eigenvalue weighted by Gasteiger charge is -2.18. The number of amides is 1. The number of unbranched alkanes of at least 4 members (excludes halogenated alkanes) is 1. The molecule has 0 radical (unpaired) electrons. The molecule has 0 saturated carbocycles. The highest BCUT2D eigenvalue weighted by Crippen LogP contribution is 2.35. The van der Waals surface area contributed by atoms with Crippen LogP contribution in [0.1, 0.15) is 43.5 Å². The van der Waals surface area contributed by atoms with Gasteiger partial charge in [0.1, 0.15) is 19.0 Å². The van der Waals surface area contributed by atoms with E-state index in [2.05, 4.69) is 23.4 Å². The molecule has 7 heteroatoms. The normalized spacial score (nSPS) is 13.6. The smallest absolute Gasteiger partial charge is 0.279 e. The molecule has 6 nitrogen and oxygen atoms in total. The van der Waals surface area contributed by atoms with Gasteiger partial charge in [0.05, 0.1) is 16.8 Å². The Morgan fingerprint density at radius 3 is 2.53 bits per heavy atom. The van der Waals surface area contributed by atoms with Crippen LogP contribution in [0.25, 0.3) is 10.2 Å². The van der Waals surface area contributed by atoms with E-state index in [1.807, 2.05) is 24.3 Å². The summed E-state index contributed by atoms with van der Waals surface area (Å²) in [6.45, 7) is 6.79. The zero-order valence-electron chi connectivity index (χ0n) is 17.3. The van der Waals surface area contributed by atoms with Crippen LogP contribution in [0.5, 0.6) is 17.2 Å². The van der Waals surface area contributed by atoms with E-state index < -0.39 is 0 Å². The largest absolute Gasteiger partial charge is 0.494 e. The summed E-state index contributed by atoms with van der Waals surface area (Å²) in [6, 6.07) is 11.2. The number of rotatable bonds is 7. The summed E-state index contributed by atoms with van der Waals surface area (Å²) >= 11 is 1.49. The fourth-order valence-electron chi connectivity index (χ4n) is 3.31. The first-order chi connectivity index (χ1) is 14.7. The van der Waals surface area contributed by atoms with Crippen LogP contribution in [-0.2, 0) is 6.54 Å². The molecule has 1 amide bonds. The van der Waals surface area contributed by atoms with Gasteiger partial charge < -0.3 is 18.8 Å². The predicted molar refractivity (Wildman–Crippen MR) is 118 cm³/mol. The van der Waals surface area contributed by atoms with E-state index >= 15 is 0 Å². The highest BCUT2D eigenvalue weighted by molar-refractivity contribution is 7.16. The first-order valence-electron chi connectivity index (χ1n) is 10.4. The van der Waals surface area contributed by atoms with Crippen molar-refractivity contribution < 1.29 is 19.0 Å². The molecule has 4 rings (SSSR count). The van der Waals surface area contributed by atoms with Crippen molar-refractivity contribution in [2.24, 2.45) is 4.99 Å². The first kappa shape index (κ1) is 20.5. The Hall–Kier alpha value is -2.80. The molecule has 1 aliphatic heterocycles. The van der Waals surface area contributed by atoms with Gasteiger partial charge in [0.2, 0.25) is 0 Å². The molecule has 0 aliphatic carbocycles. The Labute approximate surface area is 179 Å². The van der Waals surface area contributed by atoms with Crippen LogP contribution in [-0.4, -0.2) is 30.3 Å². The molecular formula is C23H26N2O4S. The second-order valence-electron chi connectivity index (χ2n) is 7.14. The van der Waals surface area contributed by atoms with Crippen molar-refractivity contribution >= 4 is 27.5 Å². The molecule has 0 fully saturated rings. The summed E-state index contributed by atoms with van der Waals surface area (Å²) in [5.74, 6) is 2.00. The Bertz CT molecular complexity index is 1100. The molecule has 3 aromatic rings. The fraction of sp³-hybridized carbons (Fsp3) is 0.391. The summed E-state index contributed by atoms with van der Waals surface area (Å²) in [6.07, 6.45) is 3.04. The standard InChI is InChI=1S/C23H26N2O4S/c1-3-5-11-27-17-8-6-16(7-9-17)22(26)24-23-25(10-4-2)18-14-19-20(15-21(18)30-23)29-13-12-28-19/h6-9,14-15H,3-5,10-13H2,1-2H3. The number of carbonyl (C=O) groups excluding carboxylic acids is 1. The number of thiazole rings is 1. The molecule has 2 heterocycles. The summed E-state index contributed by atoms with van der Waals surface area (Å²) < 4.78 is 20.2. The van der Waals surface area contributed by atoms with Crippen LogP contribution in [0, 0.1) is 0 Å². The van der Waals surface area contributed by atoms with Gasteiger partial charge in [-0.3, -0.25) is 4.79 Å². The SMILES string of the molecule is CCCCOc1ccc(C(=O)N=c2sc3cc4c(cc3n2CCC)OCCO4)cc1. The van der Waals surface area contributed by atoms with Crippen LogP contribution >= 0.6 is 11.3 Å². The molecule has 2 aromatic carbocycles. The molecule has 0 saturated heterocycles. The number of ether oxygens (including phenoxy) is 3. The van der Waals surface area contributed by atoms with Gasteiger partial charge in [-0.25, -0.2) is 0 Å². The Morgan fingerprint density at radius 1 is 1.10 bits per heavy atom. The highest BCUT2D eigenvalue weighted by Gasteiger charge is 2.17. The van der Waals surface area contributed by atoms with Crippen LogP contribution in [0.3, 0.4) is 0 Å². The minimum absolute atomic E-state index is 0.260. The summed E-state index contributed by atoms with van der Waals surface area (Å²) in [5, 5.41) is 0. The van der Waals surface area contributed by atoms with Gasteiger partial charge in [-0.1, -0.05) is 31.6 Å². The zero-order valence-corrected chi connectivity index (χ0v) is 18.2. The monoisotopic (exact) mass is 426 g/mol. The van der Waals surface area contributed by atoms with Gasteiger partial charge in [0, 0.05) is 24.2 Å². The van der Waals surface area contributed by atoms with Gasteiger partial charge in [-0.2, -0.15) is 4.99 Å². The quantitative estimate of drug-likeness (QED) is 0.509. The van der Waals surface area contributed by atoms with Crippen molar-refractivity contribution in [3.05, 3.63) is 46.8 Å². The van der Waals surface area contributed by atoms with E-state index in [0.29, 0.717) is 30.2 Å². The van der Waals surface area contributed by atoms with E-state index in [4.69, 9.17) is 14.2 Å². The number of hydrogen-bond donors (Lipinski definition) is 0. The lowest BCUT2D eigenvalue weighted by molar-refractivity contribution is 0.0997. The van der Waals surface area contributed by atoms with Crippen molar-refractivity contribution in [2.45, 2.75) is 39.7 Å². The number of aromatic nitrogens is 1. The topological polar surface area (TPSA) is 62.0 Å². The molecular weight excluding hydrogens is 400 g/mol. The molecule has 0 N–H and O–H groups in total. The average molecular weight is 427 g/mol. The van der Waals surface area contributed by atoms with Gasteiger partial charge in [0.15, 0.2) is 16.3 Å². The maximum atomic E-state index is 12.8. The molecule has 30 heavy (non-hydrogen) atoms. The Kier molecular flexibility index (Phi) is 6.38. The summed E-state index contributed by atoms with van der Waals surface area (Å²) in [5.41, 5.74) is 1.56. The van der Waals surface area contributed by atoms with E-state index in [0.717, 1.165) is 53.3 Å². The average Bonchev–Trinajstić information content (AvgIpc) is 3.09. The predicted octanol–water partition coefficient (Wildman–Crippen LogP) is 4.80. The van der Waals surface area contributed by atoms with Gasteiger partial charge in [-0.15, -0.1) is 0 Å². The third-order valence-corrected chi connectivity index (χ3v) is 5.90. The molecule has 1 aromatic heterocycles. The van der Waals surface area contributed by atoms with Crippen molar-refractivity contribution in [1.29, 1.82) is 0 Å².